The van der Waals surface area contributed by atoms with Gasteiger partial charge in [0.15, 0.2) is 0 Å². The number of furan rings is 2. The van der Waals surface area contributed by atoms with E-state index >= 15 is 0 Å². The predicted molar refractivity (Wildman–Crippen MR) is 309 cm³/mol. The molecule has 17 aromatic rings. The summed E-state index contributed by atoms with van der Waals surface area (Å²) in [5.74, 6) is 0. The topological polar surface area (TPSA) is 74.2 Å². The van der Waals surface area contributed by atoms with Crippen LogP contribution in [0, 0.1) is 17.9 Å². The Morgan fingerprint density at radius 1 is 0.316 bits per heavy atom. The average molecular weight is 969 g/mol. The lowest BCUT2D eigenvalue weighted by atomic mass is 10.0. The van der Waals surface area contributed by atoms with Crippen LogP contribution in [0.4, 0.5) is 5.69 Å². The van der Waals surface area contributed by atoms with Crippen LogP contribution in [-0.2, 0) is 0 Å². The third-order valence-electron chi connectivity index (χ3n) is 16.0. The van der Waals surface area contributed by atoms with Crippen LogP contribution in [0.25, 0.3) is 159 Å². The van der Waals surface area contributed by atoms with Gasteiger partial charge in [0.25, 0.3) is 0 Å². The summed E-state index contributed by atoms with van der Waals surface area (Å²) in [5, 5.41) is 24.5. The Labute approximate surface area is 431 Å². The third-order valence-corrected chi connectivity index (χ3v) is 16.0. The first-order valence-corrected chi connectivity index (χ1v) is 25.4. The highest BCUT2D eigenvalue weighted by atomic mass is 16.3. The number of nitrogens with zero attached hydrogens (tertiary/aromatic N) is 6. The molecule has 17 rings (SSSR count). The monoisotopic (exact) mass is 968 g/mol. The van der Waals surface area contributed by atoms with Crippen molar-refractivity contribution in [2.24, 2.45) is 0 Å². The predicted octanol–water partition coefficient (Wildman–Crippen LogP) is 18.3. The fraction of sp³-hybridized carbons (Fsp3) is 0. The van der Waals surface area contributed by atoms with Crippen LogP contribution in [0.1, 0.15) is 5.56 Å². The van der Waals surface area contributed by atoms with E-state index in [1.54, 1.807) is 0 Å². The number of fused-ring (bicyclic) bond motifs is 20. The van der Waals surface area contributed by atoms with Gasteiger partial charge in [-0.15, -0.1) is 0 Å². The van der Waals surface area contributed by atoms with Crippen molar-refractivity contribution in [2.45, 2.75) is 0 Å². The standard InChI is InChI=1S/C68H36N6O2/c1-70-62-63(71-50-26-10-2-18-39(50)40-19-3-11-27-51(40)71)49(38-69)64(73-54-30-14-6-24-47(54)60-56(73)36-34-45-43-22-8-16-32-58(43)75-67(45)60)66(72-52-28-12-4-20-41(52)42-21-5-13-29-53(42)72)65(62)74-55-31-15-7-25-48(55)61-57(74)37-35-46-44-23-9-17-33-59(44)76-68(46)61/h2-37H. The van der Waals surface area contributed by atoms with Crippen molar-refractivity contribution in [3.05, 3.63) is 235 Å². The lowest BCUT2D eigenvalue weighted by Gasteiger charge is -2.27. The largest absolute Gasteiger partial charge is 0.455 e. The second-order valence-electron chi connectivity index (χ2n) is 19.7. The Balaban J connectivity index is 1.19. The molecule has 0 aliphatic heterocycles. The molecular weight excluding hydrogens is 933 g/mol. The molecule has 0 bridgehead atoms. The molecule has 0 saturated heterocycles. The molecule has 0 N–H and O–H groups in total. The summed E-state index contributed by atoms with van der Waals surface area (Å²) in [6, 6.07) is 78.3. The maximum Gasteiger partial charge on any atom is 0.237 e. The Hall–Kier alpha value is -10.8. The molecular formula is C68H36N6O2. The van der Waals surface area contributed by atoms with Crippen molar-refractivity contribution in [2.75, 3.05) is 0 Å². The minimum absolute atomic E-state index is 0.316. The number of hydrogen-bond acceptors (Lipinski definition) is 3. The molecule has 8 heteroatoms. The summed E-state index contributed by atoms with van der Waals surface area (Å²) in [6.07, 6.45) is 0. The first-order chi connectivity index (χ1) is 37.7. The van der Waals surface area contributed by atoms with E-state index in [-0.39, 0.29) is 0 Å². The molecule has 0 radical (unpaired) electrons. The smallest absolute Gasteiger partial charge is 0.237 e. The van der Waals surface area contributed by atoms with Crippen LogP contribution >= 0.6 is 0 Å². The van der Waals surface area contributed by atoms with Crippen LogP contribution < -0.4 is 0 Å². The lowest BCUT2D eigenvalue weighted by Crippen LogP contribution is -2.14. The van der Waals surface area contributed by atoms with Crippen molar-refractivity contribution in [1.29, 1.82) is 5.26 Å². The van der Waals surface area contributed by atoms with E-state index < -0.39 is 0 Å². The summed E-state index contributed by atoms with van der Waals surface area (Å²) in [6.45, 7) is 9.78. The third kappa shape index (κ3) is 5.09. The van der Waals surface area contributed by atoms with Crippen LogP contribution in [0.5, 0.6) is 0 Å². The quantitative estimate of drug-likeness (QED) is 0.165. The molecule has 8 nitrogen and oxygen atoms in total. The number of nitriles is 1. The fourth-order valence-corrected chi connectivity index (χ4v) is 13.0. The van der Waals surface area contributed by atoms with Gasteiger partial charge in [0, 0.05) is 53.9 Å². The lowest BCUT2D eigenvalue weighted by molar-refractivity contribution is 0.672. The molecule has 0 saturated carbocycles. The number of rotatable bonds is 4. The van der Waals surface area contributed by atoms with E-state index in [0.29, 0.717) is 34.0 Å². The van der Waals surface area contributed by atoms with Crippen molar-refractivity contribution in [3.63, 3.8) is 0 Å². The van der Waals surface area contributed by atoms with Crippen LogP contribution in [0.3, 0.4) is 0 Å². The van der Waals surface area contributed by atoms with Gasteiger partial charge in [0.2, 0.25) is 5.69 Å². The molecule has 0 atom stereocenters. The molecule has 0 aliphatic rings. The first-order valence-electron chi connectivity index (χ1n) is 25.4. The number of benzene rings is 11. The molecule has 0 amide bonds. The fourth-order valence-electron chi connectivity index (χ4n) is 13.0. The van der Waals surface area contributed by atoms with Gasteiger partial charge in [-0.1, -0.05) is 146 Å². The zero-order valence-corrected chi connectivity index (χ0v) is 40.3. The van der Waals surface area contributed by atoms with Crippen molar-refractivity contribution >= 4 is 137 Å². The minimum atomic E-state index is 0.316. The van der Waals surface area contributed by atoms with Gasteiger partial charge >= 0.3 is 0 Å². The maximum atomic E-state index is 12.5. The summed E-state index contributed by atoms with van der Waals surface area (Å²) in [5.41, 5.74) is 13.3. The highest BCUT2D eigenvalue weighted by Gasteiger charge is 2.35. The van der Waals surface area contributed by atoms with Gasteiger partial charge < -0.3 is 27.1 Å². The second-order valence-corrected chi connectivity index (χ2v) is 19.7. The van der Waals surface area contributed by atoms with Crippen molar-refractivity contribution in [3.8, 4) is 28.8 Å². The molecule has 6 heterocycles. The molecule has 0 spiro atoms. The molecule has 0 fully saturated rings. The van der Waals surface area contributed by atoms with Gasteiger partial charge in [-0.2, -0.15) is 5.26 Å². The number of para-hydroxylation sites is 8. The highest BCUT2D eigenvalue weighted by Crippen LogP contribution is 2.53. The zero-order valence-electron chi connectivity index (χ0n) is 40.3. The van der Waals surface area contributed by atoms with Gasteiger partial charge in [0.05, 0.1) is 89.8 Å². The van der Waals surface area contributed by atoms with Gasteiger partial charge in [0.1, 0.15) is 28.4 Å². The Morgan fingerprint density at radius 2 is 0.645 bits per heavy atom. The Morgan fingerprint density at radius 3 is 1.05 bits per heavy atom. The summed E-state index contributed by atoms with van der Waals surface area (Å²) in [4.78, 5) is 4.75. The van der Waals surface area contributed by atoms with E-state index in [2.05, 4.69) is 194 Å². The van der Waals surface area contributed by atoms with Crippen molar-refractivity contribution < 1.29 is 8.83 Å². The molecule has 11 aromatic carbocycles. The Kier molecular flexibility index (Phi) is 7.99. The molecule has 76 heavy (non-hydrogen) atoms. The summed E-state index contributed by atoms with van der Waals surface area (Å²) >= 11 is 0. The average Bonchev–Trinajstić information content (AvgIpc) is 4.43. The molecule has 0 aliphatic carbocycles. The van der Waals surface area contributed by atoms with Gasteiger partial charge in [-0.05, 0) is 72.8 Å². The van der Waals surface area contributed by atoms with E-state index in [4.69, 9.17) is 13.7 Å². The van der Waals surface area contributed by atoms with Crippen LogP contribution in [-0.4, -0.2) is 18.3 Å². The van der Waals surface area contributed by atoms with Crippen molar-refractivity contribution in [1.82, 2.24) is 18.3 Å². The number of aromatic nitrogens is 4. The van der Waals surface area contributed by atoms with Gasteiger partial charge in [-0.25, -0.2) is 4.85 Å². The minimum Gasteiger partial charge on any atom is -0.455 e. The van der Waals surface area contributed by atoms with Crippen LogP contribution in [0.2, 0.25) is 0 Å². The van der Waals surface area contributed by atoms with E-state index in [0.717, 1.165) is 131 Å². The highest BCUT2D eigenvalue weighted by molar-refractivity contribution is 6.26. The summed E-state index contributed by atoms with van der Waals surface area (Å²) < 4.78 is 22.8. The normalized spacial score (nSPS) is 12.2. The molecule has 6 aromatic heterocycles. The maximum absolute atomic E-state index is 12.5. The van der Waals surface area contributed by atoms with Gasteiger partial charge in [-0.3, -0.25) is 0 Å². The molecule has 0 unspecified atom stereocenters. The zero-order chi connectivity index (χ0) is 49.9. The Bertz CT molecular complexity index is 5190. The molecule has 350 valence electrons. The first kappa shape index (κ1) is 40.8. The van der Waals surface area contributed by atoms with E-state index in [9.17, 15) is 11.8 Å². The number of hydrogen-bond donors (Lipinski definition) is 0. The summed E-state index contributed by atoms with van der Waals surface area (Å²) in [7, 11) is 0. The van der Waals surface area contributed by atoms with E-state index in [1.165, 1.54) is 0 Å². The SMILES string of the molecule is [C-]#[N+]c1c(-n2c3ccccc3c3ccccc32)c(C#N)c(-n2c3ccccc3c3c4oc5ccccc5c4ccc32)c(-n2c3ccccc3c3ccccc32)c1-n1c2ccccc2c2c3oc4ccccc4c3ccc21. The van der Waals surface area contributed by atoms with E-state index in [1.807, 2.05) is 48.5 Å². The second kappa shape index (κ2) is 14.9. The van der Waals surface area contributed by atoms with Crippen LogP contribution in [0.15, 0.2) is 227 Å².